The van der Waals surface area contributed by atoms with E-state index < -0.39 is 0 Å². The molecule has 0 saturated carbocycles. The van der Waals surface area contributed by atoms with Gasteiger partial charge in [-0.3, -0.25) is 0 Å². The number of aliphatic hydroxyl groups excluding tert-OH is 1. The lowest BCUT2D eigenvalue weighted by atomic mass is 9.97. The van der Waals surface area contributed by atoms with Crippen LogP contribution in [0.3, 0.4) is 0 Å². The van der Waals surface area contributed by atoms with Crippen molar-refractivity contribution in [1.82, 2.24) is 0 Å². The van der Waals surface area contributed by atoms with Gasteiger partial charge in [0, 0.05) is 5.56 Å². The zero-order chi connectivity index (χ0) is 8.27. The van der Waals surface area contributed by atoms with Gasteiger partial charge in [0.2, 0.25) is 0 Å². The third-order valence-electron chi connectivity index (χ3n) is 2.07. The Morgan fingerprint density at radius 2 is 2.36 bits per heavy atom. The van der Waals surface area contributed by atoms with Gasteiger partial charge in [-0.1, -0.05) is 20.3 Å². The number of hydrogen-bond acceptors (Lipinski definition) is 2. The van der Waals surface area contributed by atoms with E-state index in [9.17, 15) is 5.11 Å². The molecule has 0 radical (unpaired) electrons. The van der Waals surface area contributed by atoms with E-state index in [0.717, 1.165) is 12.0 Å². The van der Waals surface area contributed by atoms with Gasteiger partial charge in [-0.05, 0) is 12.0 Å². The van der Waals surface area contributed by atoms with Gasteiger partial charge in [0.05, 0.1) is 18.6 Å². The van der Waals surface area contributed by atoms with Crippen LogP contribution in [-0.2, 0) is 0 Å². The molecule has 0 aliphatic rings. The van der Waals surface area contributed by atoms with Crippen LogP contribution in [0.2, 0.25) is 0 Å². The summed E-state index contributed by atoms with van der Waals surface area (Å²) in [6, 6.07) is 1.80. The second kappa shape index (κ2) is 3.58. The summed E-state index contributed by atoms with van der Waals surface area (Å²) >= 11 is 0. The molecule has 2 atom stereocenters. The maximum absolute atomic E-state index is 9.62. The molecule has 2 unspecified atom stereocenters. The first-order valence-electron chi connectivity index (χ1n) is 3.96. The van der Waals surface area contributed by atoms with Gasteiger partial charge in [0.1, 0.15) is 0 Å². The first kappa shape index (κ1) is 8.34. The van der Waals surface area contributed by atoms with Crippen LogP contribution in [0.25, 0.3) is 0 Å². The maximum atomic E-state index is 9.62. The zero-order valence-corrected chi connectivity index (χ0v) is 6.95. The second-order valence-corrected chi connectivity index (χ2v) is 2.89. The number of rotatable bonds is 3. The van der Waals surface area contributed by atoms with Crippen LogP contribution in [0.15, 0.2) is 23.0 Å². The Morgan fingerprint density at radius 3 is 2.82 bits per heavy atom. The largest absolute Gasteiger partial charge is 0.472 e. The zero-order valence-electron chi connectivity index (χ0n) is 6.95. The van der Waals surface area contributed by atoms with E-state index in [2.05, 4.69) is 6.92 Å². The minimum atomic E-state index is -0.376. The number of aliphatic hydroxyl groups is 1. The van der Waals surface area contributed by atoms with Gasteiger partial charge in [0.15, 0.2) is 0 Å². The van der Waals surface area contributed by atoms with Crippen molar-refractivity contribution in [1.29, 1.82) is 0 Å². The minimum Gasteiger partial charge on any atom is -0.472 e. The highest BCUT2D eigenvalue weighted by molar-refractivity contribution is 5.09. The molecule has 0 aliphatic carbocycles. The van der Waals surface area contributed by atoms with Gasteiger partial charge in [0.25, 0.3) is 0 Å². The molecule has 1 N–H and O–H groups in total. The first-order valence-corrected chi connectivity index (χ1v) is 3.96. The molecule has 0 spiro atoms. The lowest BCUT2D eigenvalue weighted by molar-refractivity contribution is 0.115. The second-order valence-electron chi connectivity index (χ2n) is 2.89. The molecular weight excluding hydrogens is 140 g/mol. The van der Waals surface area contributed by atoms with E-state index >= 15 is 0 Å². The molecule has 0 aliphatic heterocycles. The van der Waals surface area contributed by atoms with Crippen LogP contribution in [-0.4, -0.2) is 5.11 Å². The quantitative estimate of drug-likeness (QED) is 0.725. The highest BCUT2D eigenvalue weighted by Gasteiger charge is 2.14. The van der Waals surface area contributed by atoms with E-state index in [0.29, 0.717) is 5.92 Å². The maximum Gasteiger partial charge on any atom is 0.0960 e. The van der Waals surface area contributed by atoms with Crippen LogP contribution in [0.5, 0.6) is 0 Å². The molecule has 0 amide bonds. The van der Waals surface area contributed by atoms with Gasteiger partial charge < -0.3 is 9.52 Å². The van der Waals surface area contributed by atoms with E-state index in [1.165, 1.54) is 0 Å². The van der Waals surface area contributed by atoms with Crippen LogP contribution >= 0.6 is 0 Å². The molecule has 0 fully saturated rings. The Kier molecular flexibility index (Phi) is 2.71. The molecule has 1 rings (SSSR count). The molecule has 0 saturated heterocycles. The van der Waals surface area contributed by atoms with Crippen LogP contribution in [0, 0.1) is 5.92 Å². The van der Waals surface area contributed by atoms with Crippen LogP contribution < -0.4 is 0 Å². The first-order chi connectivity index (χ1) is 5.25. The van der Waals surface area contributed by atoms with Gasteiger partial charge in [-0.25, -0.2) is 0 Å². The predicted octanol–water partition coefficient (Wildman–Crippen LogP) is 2.36. The topological polar surface area (TPSA) is 33.4 Å². The van der Waals surface area contributed by atoms with Gasteiger partial charge in [-0.2, -0.15) is 0 Å². The Hall–Kier alpha value is -0.760. The van der Waals surface area contributed by atoms with E-state index in [1.807, 2.05) is 6.92 Å². The Morgan fingerprint density at radius 1 is 1.64 bits per heavy atom. The van der Waals surface area contributed by atoms with Gasteiger partial charge in [-0.15, -0.1) is 0 Å². The SMILES string of the molecule is CCC(C)C(O)c1ccoc1. The van der Waals surface area contributed by atoms with E-state index in [4.69, 9.17) is 4.42 Å². The lowest BCUT2D eigenvalue weighted by Gasteiger charge is -2.14. The Bertz CT molecular complexity index is 191. The summed E-state index contributed by atoms with van der Waals surface area (Å²) in [5, 5.41) is 9.62. The average Bonchev–Trinajstić information content (AvgIpc) is 2.53. The minimum absolute atomic E-state index is 0.299. The van der Waals surface area contributed by atoms with Crippen molar-refractivity contribution in [3.63, 3.8) is 0 Å². The Labute approximate surface area is 66.8 Å². The van der Waals surface area contributed by atoms with Crippen molar-refractivity contribution in [2.24, 2.45) is 5.92 Å². The molecule has 2 heteroatoms. The van der Waals surface area contributed by atoms with Crippen LogP contribution in [0.1, 0.15) is 31.9 Å². The number of furan rings is 1. The normalized spacial score (nSPS) is 16.3. The fraction of sp³-hybridized carbons (Fsp3) is 0.556. The third-order valence-corrected chi connectivity index (χ3v) is 2.07. The summed E-state index contributed by atoms with van der Waals surface area (Å²) in [6.45, 7) is 4.09. The highest BCUT2D eigenvalue weighted by atomic mass is 16.3. The molecule has 62 valence electrons. The van der Waals surface area contributed by atoms with Crippen LogP contribution in [0.4, 0.5) is 0 Å². The van der Waals surface area contributed by atoms with Gasteiger partial charge >= 0.3 is 0 Å². The lowest BCUT2D eigenvalue weighted by Crippen LogP contribution is -2.06. The molecule has 1 aromatic rings. The van der Waals surface area contributed by atoms with E-state index in [-0.39, 0.29) is 6.10 Å². The summed E-state index contributed by atoms with van der Waals surface area (Å²) in [6.07, 6.45) is 3.78. The molecular formula is C9H14O2. The van der Waals surface area contributed by atoms with Crippen molar-refractivity contribution < 1.29 is 9.52 Å². The monoisotopic (exact) mass is 154 g/mol. The molecule has 11 heavy (non-hydrogen) atoms. The van der Waals surface area contributed by atoms with Crippen molar-refractivity contribution in [3.8, 4) is 0 Å². The third kappa shape index (κ3) is 1.84. The Balaban J connectivity index is 2.62. The highest BCUT2D eigenvalue weighted by Crippen LogP contribution is 2.23. The van der Waals surface area contributed by atoms with Crippen molar-refractivity contribution in [3.05, 3.63) is 24.2 Å². The smallest absolute Gasteiger partial charge is 0.0960 e. The van der Waals surface area contributed by atoms with Crippen molar-refractivity contribution >= 4 is 0 Å². The molecule has 0 aromatic carbocycles. The summed E-state index contributed by atoms with van der Waals surface area (Å²) in [5.41, 5.74) is 0.874. The summed E-state index contributed by atoms with van der Waals surface area (Å²) < 4.78 is 4.87. The van der Waals surface area contributed by atoms with Crippen molar-refractivity contribution in [2.75, 3.05) is 0 Å². The standard InChI is InChI=1S/C9H14O2/c1-3-7(2)9(10)8-4-5-11-6-8/h4-7,9-10H,3H2,1-2H3. The molecule has 1 heterocycles. The fourth-order valence-corrected chi connectivity index (χ4v) is 0.995. The average molecular weight is 154 g/mol. The molecule has 2 nitrogen and oxygen atoms in total. The van der Waals surface area contributed by atoms with E-state index in [1.54, 1.807) is 18.6 Å². The molecule has 0 bridgehead atoms. The fourth-order valence-electron chi connectivity index (χ4n) is 0.995. The predicted molar refractivity (Wildman–Crippen MR) is 43.1 cm³/mol. The summed E-state index contributed by atoms with van der Waals surface area (Å²) in [7, 11) is 0. The summed E-state index contributed by atoms with van der Waals surface area (Å²) in [5.74, 6) is 0.299. The van der Waals surface area contributed by atoms with Crippen molar-refractivity contribution in [2.45, 2.75) is 26.4 Å². The number of hydrogen-bond donors (Lipinski definition) is 1. The summed E-state index contributed by atoms with van der Waals surface area (Å²) in [4.78, 5) is 0. The molecule has 1 aromatic heterocycles.